The van der Waals surface area contributed by atoms with Crippen molar-refractivity contribution in [3.63, 3.8) is 0 Å². The molecule has 0 atom stereocenters. The number of carbonyl (C=O) groups is 4. The van der Waals surface area contributed by atoms with Gasteiger partial charge in [-0.2, -0.15) is 0 Å². The number of thiocarbonyl (C=S) groups is 1. The molecule has 9 heteroatoms. The number of hydrogen-bond donors (Lipinski definition) is 2. The topological polar surface area (TPSA) is 105 Å². The second-order valence-electron chi connectivity index (χ2n) is 7.49. The van der Waals surface area contributed by atoms with E-state index in [2.05, 4.69) is 10.6 Å². The molecular weight excluding hydrogens is 466 g/mol. The first-order chi connectivity index (χ1) is 16.8. The van der Waals surface area contributed by atoms with E-state index in [1.807, 2.05) is 30.3 Å². The third-order valence-electron chi connectivity index (χ3n) is 4.94. The van der Waals surface area contributed by atoms with Crippen LogP contribution in [0.1, 0.15) is 17.3 Å². The summed E-state index contributed by atoms with van der Waals surface area (Å²) in [6, 6.07) is 21.9. The van der Waals surface area contributed by atoms with E-state index in [0.717, 1.165) is 11.0 Å². The maximum Gasteiger partial charge on any atom is 0.270 e. The first kappa shape index (κ1) is 23.5. The second-order valence-corrected chi connectivity index (χ2v) is 7.88. The molecule has 1 heterocycles. The first-order valence-electron chi connectivity index (χ1n) is 10.5. The van der Waals surface area contributed by atoms with Crippen LogP contribution in [0.3, 0.4) is 0 Å². The highest BCUT2D eigenvalue weighted by molar-refractivity contribution is 7.80. The highest BCUT2D eigenvalue weighted by atomic mass is 32.1. The SMILES string of the molecule is CC(=O)Nc1ccc(C(=O)C=C2C(=O)NC(=S)N(c3ccc(Oc4ccccc4)cc3)C2=O)cc1. The van der Waals surface area contributed by atoms with Crippen molar-refractivity contribution in [2.45, 2.75) is 6.92 Å². The molecule has 0 bridgehead atoms. The van der Waals surface area contributed by atoms with Crippen LogP contribution in [0.15, 0.2) is 90.5 Å². The Morgan fingerprint density at radius 2 is 1.54 bits per heavy atom. The Labute approximate surface area is 206 Å². The van der Waals surface area contributed by atoms with Crippen LogP contribution in [0, 0.1) is 0 Å². The summed E-state index contributed by atoms with van der Waals surface area (Å²) in [6.45, 7) is 1.37. The van der Waals surface area contributed by atoms with E-state index in [-0.39, 0.29) is 22.2 Å². The maximum absolute atomic E-state index is 13.1. The van der Waals surface area contributed by atoms with Gasteiger partial charge in [-0.1, -0.05) is 18.2 Å². The van der Waals surface area contributed by atoms with Gasteiger partial charge < -0.3 is 10.1 Å². The minimum Gasteiger partial charge on any atom is -0.457 e. The minimum absolute atomic E-state index is 0.0963. The Kier molecular flexibility index (Phi) is 6.79. The van der Waals surface area contributed by atoms with Crippen LogP contribution in [0.4, 0.5) is 11.4 Å². The maximum atomic E-state index is 13.1. The van der Waals surface area contributed by atoms with Crippen LogP contribution in [0.2, 0.25) is 0 Å². The standard InChI is InChI=1S/C26H19N3O5S/c1-16(30)27-18-9-7-17(8-10-18)23(31)15-22-24(32)28-26(35)29(25(22)33)19-11-13-21(14-12-19)34-20-5-3-2-4-6-20/h2-15H,1H3,(H,27,30)(H,28,32,35). The highest BCUT2D eigenvalue weighted by Crippen LogP contribution is 2.26. The number of nitrogens with one attached hydrogen (secondary N) is 2. The van der Waals surface area contributed by atoms with Gasteiger partial charge in [-0.15, -0.1) is 0 Å². The van der Waals surface area contributed by atoms with Crippen molar-refractivity contribution in [3.8, 4) is 11.5 Å². The van der Waals surface area contributed by atoms with Crippen molar-refractivity contribution in [2.24, 2.45) is 0 Å². The van der Waals surface area contributed by atoms with Crippen molar-refractivity contribution in [2.75, 3.05) is 10.2 Å². The summed E-state index contributed by atoms with van der Waals surface area (Å²) < 4.78 is 5.76. The van der Waals surface area contributed by atoms with E-state index in [1.165, 1.54) is 19.1 Å². The molecule has 3 aromatic carbocycles. The summed E-state index contributed by atoms with van der Waals surface area (Å²) >= 11 is 5.21. The van der Waals surface area contributed by atoms with Gasteiger partial charge in [-0.25, -0.2) is 0 Å². The van der Waals surface area contributed by atoms with Gasteiger partial charge in [0.25, 0.3) is 11.8 Å². The van der Waals surface area contributed by atoms with Gasteiger partial charge in [0.15, 0.2) is 10.9 Å². The first-order valence-corrected chi connectivity index (χ1v) is 10.9. The minimum atomic E-state index is -0.761. The van der Waals surface area contributed by atoms with Crippen molar-refractivity contribution >= 4 is 52.2 Å². The van der Waals surface area contributed by atoms with E-state index >= 15 is 0 Å². The van der Waals surface area contributed by atoms with Crippen LogP contribution in [-0.4, -0.2) is 28.6 Å². The summed E-state index contributed by atoms with van der Waals surface area (Å²) in [4.78, 5) is 50.6. The Balaban J connectivity index is 1.54. The number of benzene rings is 3. The molecule has 174 valence electrons. The number of ether oxygens (including phenoxy) is 1. The van der Waals surface area contributed by atoms with Gasteiger partial charge in [0, 0.05) is 24.3 Å². The molecule has 4 rings (SSSR count). The summed E-state index contributed by atoms with van der Waals surface area (Å²) in [5.41, 5.74) is 0.816. The molecule has 1 fully saturated rings. The predicted octanol–water partition coefficient (Wildman–Crippen LogP) is 3.99. The number of carbonyl (C=O) groups excluding carboxylic acids is 4. The van der Waals surface area contributed by atoms with Crippen molar-refractivity contribution in [1.82, 2.24) is 5.32 Å². The number of anilines is 2. The summed E-state index contributed by atoms with van der Waals surface area (Å²) in [6.07, 6.45) is 0.979. The highest BCUT2D eigenvalue weighted by Gasteiger charge is 2.35. The van der Waals surface area contributed by atoms with E-state index in [1.54, 1.807) is 36.4 Å². The van der Waals surface area contributed by atoms with E-state index < -0.39 is 17.6 Å². The zero-order chi connectivity index (χ0) is 24.9. The molecule has 1 saturated heterocycles. The summed E-state index contributed by atoms with van der Waals surface area (Å²) in [7, 11) is 0. The Morgan fingerprint density at radius 1 is 0.914 bits per heavy atom. The zero-order valence-electron chi connectivity index (χ0n) is 18.5. The number of allylic oxidation sites excluding steroid dienone is 1. The van der Waals surface area contributed by atoms with E-state index in [9.17, 15) is 19.2 Å². The van der Waals surface area contributed by atoms with Gasteiger partial charge in [-0.05, 0) is 72.9 Å². The van der Waals surface area contributed by atoms with Crippen LogP contribution in [0.5, 0.6) is 11.5 Å². The molecule has 0 radical (unpaired) electrons. The number of para-hydroxylation sites is 1. The number of ketones is 1. The normalized spacial score (nSPS) is 14.5. The van der Waals surface area contributed by atoms with Gasteiger partial charge in [0.05, 0.1) is 5.69 Å². The van der Waals surface area contributed by atoms with E-state index in [4.69, 9.17) is 17.0 Å². The average molecular weight is 486 g/mol. The lowest BCUT2D eigenvalue weighted by Crippen LogP contribution is -2.54. The summed E-state index contributed by atoms with van der Waals surface area (Å²) in [5.74, 6) is -1.07. The molecular formula is C26H19N3O5S. The Bertz CT molecular complexity index is 1350. The lowest BCUT2D eigenvalue weighted by molar-refractivity contribution is -0.122. The van der Waals surface area contributed by atoms with Crippen LogP contribution >= 0.6 is 12.2 Å². The van der Waals surface area contributed by atoms with Crippen LogP contribution < -0.4 is 20.3 Å². The number of hydrogen-bond acceptors (Lipinski definition) is 6. The second kappa shape index (κ2) is 10.1. The molecule has 35 heavy (non-hydrogen) atoms. The third-order valence-corrected chi connectivity index (χ3v) is 5.23. The molecule has 0 aromatic heterocycles. The Hall–Kier alpha value is -4.63. The van der Waals surface area contributed by atoms with Gasteiger partial charge in [-0.3, -0.25) is 29.4 Å². The lowest BCUT2D eigenvalue weighted by atomic mass is 10.0. The molecule has 0 unspecified atom stereocenters. The fraction of sp³-hybridized carbons (Fsp3) is 0.0385. The molecule has 8 nitrogen and oxygen atoms in total. The average Bonchev–Trinajstić information content (AvgIpc) is 2.83. The molecule has 3 amide bonds. The molecule has 0 saturated carbocycles. The molecule has 0 aliphatic carbocycles. The zero-order valence-corrected chi connectivity index (χ0v) is 19.3. The number of amides is 3. The predicted molar refractivity (Wildman–Crippen MR) is 134 cm³/mol. The van der Waals surface area contributed by atoms with Gasteiger partial charge in [0.1, 0.15) is 17.1 Å². The Morgan fingerprint density at radius 3 is 2.17 bits per heavy atom. The van der Waals surface area contributed by atoms with E-state index in [0.29, 0.717) is 22.9 Å². The fourth-order valence-electron chi connectivity index (χ4n) is 3.32. The smallest absolute Gasteiger partial charge is 0.270 e. The third kappa shape index (κ3) is 5.48. The van der Waals surface area contributed by atoms with Crippen molar-refractivity contribution in [3.05, 3.63) is 96.1 Å². The van der Waals surface area contributed by atoms with Crippen LogP contribution in [-0.2, 0) is 14.4 Å². The number of rotatable bonds is 6. The van der Waals surface area contributed by atoms with Crippen molar-refractivity contribution in [1.29, 1.82) is 0 Å². The molecule has 3 aromatic rings. The van der Waals surface area contributed by atoms with Crippen LogP contribution in [0.25, 0.3) is 0 Å². The largest absolute Gasteiger partial charge is 0.457 e. The monoisotopic (exact) mass is 485 g/mol. The van der Waals surface area contributed by atoms with Gasteiger partial charge >= 0.3 is 0 Å². The molecule has 1 aliphatic heterocycles. The molecule has 1 aliphatic rings. The lowest BCUT2D eigenvalue weighted by Gasteiger charge is -2.28. The quantitative estimate of drug-likeness (QED) is 0.237. The molecule has 0 spiro atoms. The van der Waals surface area contributed by atoms with Crippen molar-refractivity contribution < 1.29 is 23.9 Å². The number of nitrogens with zero attached hydrogens (tertiary/aromatic N) is 1. The molecule has 2 N–H and O–H groups in total. The summed E-state index contributed by atoms with van der Waals surface area (Å²) in [5, 5.41) is 4.95. The fourth-order valence-corrected chi connectivity index (χ4v) is 3.60. The van der Waals surface area contributed by atoms with Gasteiger partial charge in [0.2, 0.25) is 5.91 Å².